The number of benzene rings is 1. The molecule has 2 heterocycles. The van der Waals surface area contributed by atoms with Gasteiger partial charge in [-0.3, -0.25) is 4.79 Å². The molecule has 0 bridgehead atoms. The normalized spacial score (nSPS) is 15.1. The molecule has 3 rings (SSSR count). The summed E-state index contributed by atoms with van der Waals surface area (Å²) in [5.41, 5.74) is 1.82. The summed E-state index contributed by atoms with van der Waals surface area (Å²) in [4.78, 5) is 27.0. The van der Waals surface area contributed by atoms with Crippen molar-refractivity contribution in [2.24, 2.45) is 5.92 Å². The third kappa shape index (κ3) is 3.59. The summed E-state index contributed by atoms with van der Waals surface area (Å²) >= 11 is 1.64. The van der Waals surface area contributed by atoms with Gasteiger partial charge in [0.2, 0.25) is 0 Å². The Balaban J connectivity index is 1.65. The lowest BCUT2D eigenvalue weighted by Crippen LogP contribution is -2.42. The predicted molar refractivity (Wildman–Crippen MR) is 95.1 cm³/mol. The largest absolute Gasteiger partial charge is 0.469 e. The number of nitrogens with one attached hydrogen (secondary N) is 1. The Morgan fingerprint density at radius 2 is 1.92 bits per heavy atom. The summed E-state index contributed by atoms with van der Waals surface area (Å²) in [5, 5.41) is 5.02. The van der Waals surface area contributed by atoms with E-state index < -0.39 is 0 Å². The van der Waals surface area contributed by atoms with Gasteiger partial charge in [-0.1, -0.05) is 24.3 Å². The van der Waals surface area contributed by atoms with Crippen LogP contribution in [0.3, 0.4) is 0 Å². The zero-order valence-corrected chi connectivity index (χ0v) is 14.3. The van der Waals surface area contributed by atoms with E-state index in [1.54, 1.807) is 16.2 Å². The fraction of sp³-hybridized carbons (Fsp3) is 0.333. The van der Waals surface area contributed by atoms with E-state index in [0.717, 1.165) is 16.1 Å². The Morgan fingerprint density at radius 3 is 2.58 bits per heavy atom. The van der Waals surface area contributed by atoms with Crippen LogP contribution in [0.15, 0.2) is 41.8 Å². The molecule has 6 heteroatoms. The van der Waals surface area contributed by atoms with E-state index in [1.165, 1.54) is 7.11 Å². The number of nitrogens with zero attached hydrogens (tertiary/aromatic N) is 1. The van der Waals surface area contributed by atoms with E-state index in [0.29, 0.717) is 25.9 Å². The molecule has 1 aromatic carbocycles. The maximum Gasteiger partial charge on any atom is 0.321 e. The number of piperidine rings is 1. The van der Waals surface area contributed by atoms with Crippen LogP contribution in [-0.4, -0.2) is 37.1 Å². The number of amides is 2. The molecule has 5 nitrogen and oxygen atoms in total. The monoisotopic (exact) mass is 344 g/mol. The molecule has 1 N–H and O–H groups in total. The minimum Gasteiger partial charge on any atom is -0.469 e. The van der Waals surface area contributed by atoms with Crippen molar-refractivity contribution in [2.45, 2.75) is 12.8 Å². The lowest BCUT2D eigenvalue weighted by Gasteiger charge is -2.30. The van der Waals surface area contributed by atoms with Crippen LogP contribution in [0.5, 0.6) is 0 Å². The number of methoxy groups -OCH3 is 1. The number of esters is 1. The lowest BCUT2D eigenvalue weighted by atomic mass is 9.97. The van der Waals surface area contributed by atoms with Gasteiger partial charge >= 0.3 is 12.0 Å². The van der Waals surface area contributed by atoms with Gasteiger partial charge in [-0.15, -0.1) is 11.3 Å². The molecule has 0 saturated carbocycles. The Bertz CT molecular complexity index is 707. The Hall–Kier alpha value is -2.34. The zero-order chi connectivity index (χ0) is 16.9. The number of thiophene rings is 1. The van der Waals surface area contributed by atoms with Crippen LogP contribution >= 0.6 is 11.3 Å². The van der Waals surface area contributed by atoms with Gasteiger partial charge < -0.3 is 15.0 Å². The molecule has 2 aromatic rings. The van der Waals surface area contributed by atoms with Crippen LogP contribution in [0.1, 0.15) is 12.8 Å². The van der Waals surface area contributed by atoms with Crippen molar-refractivity contribution in [3.8, 4) is 10.4 Å². The number of rotatable bonds is 3. The molecule has 126 valence electrons. The van der Waals surface area contributed by atoms with Gasteiger partial charge in [0, 0.05) is 23.5 Å². The van der Waals surface area contributed by atoms with Gasteiger partial charge in [-0.25, -0.2) is 4.79 Å². The van der Waals surface area contributed by atoms with Gasteiger partial charge in [-0.2, -0.15) is 0 Å². The van der Waals surface area contributed by atoms with Gasteiger partial charge in [-0.05, 0) is 30.4 Å². The zero-order valence-electron chi connectivity index (χ0n) is 13.5. The second-order valence-corrected chi connectivity index (χ2v) is 6.69. The van der Waals surface area contributed by atoms with Crippen LogP contribution in [0, 0.1) is 5.92 Å². The summed E-state index contributed by atoms with van der Waals surface area (Å²) < 4.78 is 4.78. The average molecular weight is 344 g/mol. The molecule has 0 atom stereocenters. The highest BCUT2D eigenvalue weighted by Gasteiger charge is 2.28. The topological polar surface area (TPSA) is 58.6 Å². The number of hydrogen-bond acceptors (Lipinski definition) is 4. The molecule has 1 aromatic heterocycles. The van der Waals surface area contributed by atoms with Crippen molar-refractivity contribution in [3.63, 3.8) is 0 Å². The van der Waals surface area contributed by atoms with E-state index in [2.05, 4.69) is 5.32 Å². The van der Waals surface area contributed by atoms with Crippen molar-refractivity contribution >= 4 is 29.0 Å². The number of ether oxygens (including phenoxy) is 1. The number of likely N-dealkylation sites (tertiary alicyclic amines) is 1. The van der Waals surface area contributed by atoms with Crippen molar-refractivity contribution in [1.82, 2.24) is 4.90 Å². The van der Waals surface area contributed by atoms with Gasteiger partial charge in [0.1, 0.15) is 0 Å². The Labute approximate surface area is 145 Å². The molecule has 0 spiro atoms. The first-order chi connectivity index (χ1) is 11.7. The highest BCUT2D eigenvalue weighted by atomic mass is 32.1. The molecule has 1 fully saturated rings. The minimum absolute atomic E-state index is 0.0996. The summed E-state index contributed by atoms with van der Waals surface area (Å²) in [7, 11) is 1.41. The lowest BCUT2D eigenvalue weighted by molar-refractivity contribution is -0.146. The van der Waals surface area contributed by atoms with Crippen molar-refractivity contribution in [3.05, 3.63) is 41.8 Å². The molecular weight excluding hydrogens is 324 g/mol. The molecule has 1 aliphatic rings. The molecular formula is C18H20N2O3S. The molecule has 2 amide bonds. The minimum atomic E-state index is -0.182. The maximum atomic E-state index is 12.5. The predicted octanol–water partition coefficient (Wildman–Crippen LogP) is 3.83. The smallest absolute Gasteiger partial charge is 0.321 e. The van der Waals surface area contributed by atoms with Crippen LogP contribution < -0.4 is 5.32 Å². The van der Waals surface area contributed by atoms with Crippen LogP contribution in [-0.2, 0) is 9.53 Å². The summed E-state index contributed by atoms with van der Waals surface area (Å²) in [6.07, 6.45) is 1.29. The fourth-order valence-corrected chi connectivity index (χ4v) is 3.68. The van der Waals surface area contributed by atoms with E-state index in [9.17, 15) is 9.59 Å². The number of anilines is 1. The number of para-hydroxylation sites is 1. The number of carbonyl (C=O) groups excluding carboxylic acids is 2. The van der Waals surface area contributed by atoms with Crippen molar-refractivity contribution in [2.75, 3.05) is 25.5 Å². The second kappa shape index (κ2) is 7.49. The van der Waals surface area contributed by atoms with Crippen LogP contribution in [0.25, 0.3) is 10.4 Å². The van der Waals surface area contributed by atoms with Gasteiger partial charge in [0.05, 0.1) is 18.7 Å². The highest BCUT2D eigenvalue weighted by molar-refractivity contribution is 7.13. The third-order valence-corrected chi connectivity index (χ3v) is 5.18. The number of carbonyl (C=O) groups is 2. The fourth-order valence-electron chi connectivity index (χ4n) is 2.92. The molecule has 0 aliphatic carbocycles. The van der Waals surface area contributed by atoms with E-state index in [1.807, 2.05) is 41.8 Å². The standard InChI is InChI=1S/C18H20N2O3S/c1-23-17(21)13-8-10-20(11-9-13)18(22)19-15-6-3-2-5-14(15)16-7-4-12-24-16/h2-7,12-13H,8-11H2,1H3,(H,19,22). The van der Waals surface area contributed by atoms with Crippen molar-refractivity contribution < 1.29 is 14.3 Å². The highest BCUT2D eigenvalue weighted by Crippen LogP contribution is 2.31. The van der Waals surface area contributed by atoms with Gasteiger partial charge in [0.25, 0.3) is 0 Å². The first-order valence-corrected chi connectivity index (χ1v) is 8.83. The summed E-state index contributed by atoms with van der Waals surface area (Å²) in [6.45, 7) is 1.12. The van der Waals surface area contributed by atoms with Crippen molar-refractivity contribution in [1.29, 1.82) is 0 Å². The quantitative estimate of drug-likeness (QED) is 0.861. The molecule has 0 radical (unpaired) electrons. The third-order valence-electron chi connectivity index (χ3n) is 4.27. The average Bonchev–Trinajstić information content (AvgIpc) is 3.16. The van der Waals surface area contributed by atoms with Crippen LogP contribution in [0.4, 0.5) is 10.5 Å². The first-order valence-electron chi connectivity index (χ1n) is 7.95. The summed E-state index contributed by atoms with van der Waals surface area (Å²) in [5.74, 6) is -0.282. The molecule has 1 saturated heterocycles. The SMILES string of the molecule is COC(=O)C1CCN(C(=O)Nc2ccccc2-c2cccs2)CC1. The molecule has 24 heavy (non-hydrogen) atoms. The van der Waals surface area contributed by atoms with Gasteiger partial charge in [0.15, 0.2) is 0 Å². The maximum absolute atomic E-state index is 12.5. The Morgan fingerprint density at radius 1 is 1.17 bits per heavy atom. The molecule has 0 unspecified atom stereocenters. The number of urea groups is 1. The first kappa shape index (κ1) is 16.5. The number of hydrogen-bond donors (Lipinski definition) is 1. The van der Waals surface area contributed by atoms with E-state index in [4.69, 9.17) is 4.74 Å². The summed E-state index contributed by atoms with van der Waals surface area (Å²) in [6, 6.07) is 11.7. The Kier molecular flexibility index (Phi) is 5.15. The van der Waals surface area contributed by atoms with E-state index in [-0.39, 0.29) is 17.9 Å². The van der Waals surface area contributed by atoms with Crippen LogP contribution in [0.2, 0.25) is 0 Å². The second-order valence-electron chi connectivity index (χ2n) is 5.74. The molecule has 1 aliphatic heterocycles. The van der Waals surface area contributed by atoms with E-state index >= 15 is 0 Å².